The van der Waals surface area contributed by atoms with E-state index < -0.39 is 305 Å². The van der Waals surface area contributed by atoms with Gasteiger partial charge in [-0.1, -0.05) is 0 Å². The summed E-state index contributed by atoms with van der Waals surface area (Å²) in [6, 6.07) is -6.93. The number of carboxylic acid groups (broad SMARTS) is 3. The van der Waals surface area contributed by atoms with Crippen LogP contribution in [0.4, 0.5) is 0 Å². The van der Waals surface area contributed by atoms with Crippen LogP contribution in [-0.2, 0) is 186 Å². The van der Waals surface area contributed by atoms with Crippen molar-refractivity contribution in [2.24, 2.45) is 0 Å². The van der Waals surface area contributed by atoms with E-state index in [2.05, 4.69) is 46.4 Å². The second-order valence-electron chi connectivity index (χ2n) is 22.0. The third kappa shape index (κ3) is 24.1. The molecule has 6 fully saturated rings. The van der Waals surface area contributed by atoms with Crippen molar-refractivity contribution in [1.82, 2.24) is 16.0 Å². The quantitative estimate of drug-likeness (QED) is 0.0123. The summed E-state index contributed by atoms with van der Waals surface area (Å²) in [4.78, 5) is 92.2. The minimum atomic E-state index is -5.71. The van der Waals surface area contributed by atoms with E-state index in [0.717, 1.165) is 20.8 Å². The Balaban J connectivity index is 1.41. The van der Waals surface area contributed by atoms with Gasteiger partial charge in [0.05, 0.1) is 25.9 Å². The zero-order valence-electron chi connectivity index (χ0n) is 51.8. The van der Waals surface area contributed by atoms with E-state index in [-0.39, 0.29) is 0 Å². The summed E-state index contributed by atoms with van der Waals surface area (Å²) in [6.45, 7) is -1.39. The van der Waals surface area contributed by atoms with Gasteiger partial charge in [0.1, 0.15) is 110 Å². The Hall–Kier alpha value is -4.20. The van der Waals surface area contributed by atoms with E-state index in [1.807, 2.05) is 0 Å². The van der Waals surface area contributed by atoms with Gasteiger partial charge in [-0.2, -0.15) is 37.9 Å². The van der Waals surface area contributed by atoms with Crippen LogP contribution in [0.1, 0.15) is 27.7 Å². The first kappa shape index (κ1) is 87.7. The molecule has 33 atom stereocenters. The van der Waals surface area contributed by atoms with Gasteiger partial charge in [-0.3, -0.25) is 41.7 Å². The molecule has 6 aliphatic heterocycles. The molecule has 0 aromatic heterocycles. The highest BCUT2D eigenvalue weighted by Crippen LogP contribution is 2.39. The fraction of sp³-hybridized carbons (Fsp3) is 0.860. The maximum Gasteiger partial charge on any atom is 0.397 e. The Morgan fingerprint density at radius 3 is 0.942 bits per heavy atom. The molecule has 6 saturated heterocycles. The molecular formula is C43H67N3O51S6. The molecule has 103 heavy (non-hydrogen) atoms. The third-order valence-electron chi connectivity index (χ3n) is 14.9. The molecule has 54 nitrogen and oxygen atoms in total. The van der Waals surface area contributed by atoms with Crippen molar-refractivity contribution in [3.63, 3.8) is 0 Å². The van der Waals surface area contributed by atoms with E-state index in [1.54, 1.807) is 0 Å². The molecule has 6 aliphatic rings. The summed E-state index contributed by atoms with van der Waals surface area (Å²) >= 11 is -10.5. The molecule has 0 aromatic carbocycles. The topological polar surface area (TPSA) is 800 Å². The highest BCUT2D eigenvalue weighted by atomic mass is 32.3. The molecule has 6 rings (SSSR count). The number of hydrogen-bond acceptors (Lipinski definition) is 42. The maximum absolute atomic E-state index is 13.4. The Morgan fingerprint density at radius 2 is 0.641 bits per heavy atom. The van der Waals surface area contributed by atoms with Gasteiger partial charge in [0.2, 0.25) is 17.7 Å². The maximum atomic E-state index is 13.4. The van der Waals surface area contributed by atoms with Crippen molar-refractivity contribution in [3.8, 4) is 0 Å². The van der Waals surface area contributed by atoms with Crippen LogP contribution in [0.5, 0.6) is 0 Å². The van der Waals surface area contributed by atoms with Crippen molar-refractivity contribution in [2.75, 3.05) is 19.8 Å². The molecule has 0 saturated carbocycles. The van der Waals surface area contributed by atoms with Crippen LogP contribution in [0, 0.1) is 0 Å². The van der Waals surface area contributed by atoms with Gasteiger partial charge in [-0.25, -0.2) is 41.6 Å². The predicted molar refractivity (Wildman–Crippen MR) is 302 cm³/mol. The highest BCUT2D eigenvalue weighted by molar-refractivity contribution is 7.81. The smallest absolute Gasteiger partial charge is 0.397 e. The molecule has 0 bridgehead atoms. The number of carbonyl (C=O) groups is 6. The van der Waals surface area contributed by atoms with Crippen molar-refractivity contribution in [2.45, 2.75) is 212 Å². The Labute approximate surface area is 583 Å². The van der Waals surface area contributed by atoms with Gasteiger partial charge in [0.25, 0.3) is 0 Å². The van der Waals surface area contributed by atoms with Crippen LogP contribution in [-0.4, -0.2) is 356 Å². The van der Waals surface area contributed by atoms with Crippen LogP contribution in [0.15, 0.2) is 0 Å². The van der Waals surface area contributed by atoms with Gasteiger partial charge in [-0.05, 0) is 6.92 Å². The standard InChI is InChI=1S/C43H67N3O51S6/c1-8-18(50)20(52)30(33(81-8)36(57)58)88-40-16(45-10(3)48)28(26(93-96-99(65)66)13(83-40)6-79-102(72,73)74)85-43-24(56)22(54)32(35(91-43)38(61)62)89-41-17(46-11(4)49)29(27(94-97-100(67)68)14(84-41)7-80-103(75,76)77)86-42-23(55)21(53)31(34(90-42)37(59)60)87-39-15(44-9(2)47)19(51)25(92-95-98(63)64)12(82-39)5-78-101(69,70)71/h8,12-35,39-43,50-56H,5-7H2,1-4H3,(H,44,47)(H,45,48)(H,46,49)(H,57,58)(H,59,60)(H,61,62)(H,63,64)(H,65,66)(H,67,68)(H,69,70,71)(H,72,73,74)(H,75,76,77)/t8-,12-,13-,14?,15?,16?,17?,18?,19?,20+,21+,22?,23?,24?,25+,26+,27-,28?,29+,30-,31-,32-,33?,34?,35+,39-,40-,41-,42+,43+/m0/s1. The van der Waals surface area contributed by atoms with Crippen molar-refractivity contribution in [1.29, 1.82) is 0 Å². The van der Waals surface area contributed by atoms with E-state index in [9.17, 15) is 140 Å². The molecule has 0 spiro atoms. The Bertz CT molecular complexity index is 3360. The summed E-state index contributed by atoms with van der Waals surface area (Å²) in [6.07, 6.45) is -68.4. The number of aliphatic hydroxyl groups is 7. The second kappa shape index (κ2) is 37.3. The average molecular weight is 1630 g/mol. The zero-order chi connectivity index (χ0) is 77.4. The summed E-state index contributed by atoms with van der Waals surface area (Å²) < 4.78 is 251. The Kier molecular flexibility index (Phi) is 31.7. The molecule has 0 radical (unpaired) electrons. The number of aliphatic hydroxyl groups excluding tert-OH is 7. The van der Waals surface area contributed by atoms with Crippen molar-refractivity contribution >= 4 is 101 Å². The summed E-state index contributed by atoms with van der Waals surface area (Å²) in [5.74, 6) is -10.0. The van der Waals surface area contributed by atoms with E-state index in [4.69, 9.17) is 66.4 Å². The SMILES string of the molecule is CC(=O)NC1C(O)[C@H](OOS(=O)O)[C@H](COS(=O)(=O)O)O[C@H]1O[C@@H]1C(C(=O)O)O[C@@H](O[C@@H]2C(NC(C)=O)[C@H](O[C@H]3C(O)C(O)[C@H](OC4C(NC(C)=O)[C@H](O[C@@H]5C(C(=O)O)O[C@@H](C)C(O)[C@H]5O)O[C@@H](COS(=O)(=O)O)[C@H]4OOS(=O)O)O[C@H]3C(=O)O)OC(COS(=O)(=O)O)[C@@H]2OOS(=O)O)C(O)[C@H]1O. The lowest BCUT2D eigenvalue weighted by Crippen LogP contribution is -2.72. The number of ether oxygens (including phenoxy) is 11. The van der Waals surface area contributed by atoms with E-state index in [1.165, 1.54) is 0 Å². The van der Waals surface area contributed by atoms with Gasteiger partial charge in [0.15, 0.2) is 68.1 Å². The number of hydrogen-bond donors (Lipinski definition) is 19. The van der Waals surface area contributed by atoms with Gasteiger partial charge in [0, 0.05) is 20.8 Å². The lowest BCUT2D eigenvalue weighted by molar-refractivity contribution is -0.400. The number of aliphatic carboxylic acids is 3. The van der Waals surface area contributed by atoms with Gasteiger partial charge >= 0.3 is 83.2 Å². The summed E-state index contributed by atoms with van der Waals surface area (Å²) in [5.41, 5.74) is 0. The molecule has 0 aliphatic carbocycles. The first-order chi connectivity index (χ1) is 47.7. The van der Waals surface area contributed by atoms with Gasteiger partial charge < -0.3 is 119 Å². The van der Waals surface area contributed by atoms with Crippen molar-refractivity contribution in [3.05, 3.63) is 0 Å². The molecule has 19 N–H and O–H groups in total. The second-order valence-corrected chi connectivity index (χ2v) is 27.0. The van der Waals surface area contributed by atoms with Crippen LogP contribution in [0.25, 0.3) is 0 Å². The lowest BCUT2D eigenvalue weighted by atomic mass is 9.93. The number of nitrogens with one attached hydrogen (secondary N) is 3. The first-order valence-corrected chi connectivity index (χ1v) is 35.5. The fourth-order valence-corrected chi connectivity index (χ4v) is 12.2. The highest BCUT2D eigenvalue weighted by Gasteiger charge is 2.62. The summed E-state index contributed by atoms with van der Waals surface area (Å²) in [5, 5.41) is 118. The van der Waals surface area contributed by atoms with Crippen LogP contribution in [0.2, 0.25) is 0 Å². The molecule has 596 valence electrons. The monoisotopic (exact) mass is 1630 g/mol. The van der Waals surface area contributed by atoms with Crippen LogP contribution < -0.4 is 16.0 Å². The minimum absolute atomic E-state index is 0.672. The molecule has 3 amide bonds. The van der Waals surface area contributed by atoms with Crippen LogP contribution in [0.3, 0.4) is 0 Å². The lowest BCUT2D eigenvalue weighted by Gasteiger charge is -2.51. The molecular weight excluding hydrogens is 1570 g/mol. The van der Waals surface area contributed by atoms with Crippen molar-refractivity contribution < 1.29 is 237 Å². The fourth-order valence-electron chi connectivity index (χ4n) is 10.8. The Morgan fingerprint density at radius 1 is 0.369 bits per heavy atom. The van der Waals surface area contributed by atoms with Gasteiger partial charge in [-0.15, -0.1) is 13.0 Å². The van der Waals surface area contributed by atoms with E-state index >= 15 is 0 Å². The minimum Gasteiger partial charge on any atom is -0.479 e. The number of amides is 3. The normalized spacial score (nSPS) is 39.9. The number of rotatable bonds is 34. The average Bonchev–Trinajstić information content (AvgIpc) is 0.765. The number of carbonyl (C=O) groups excluding carboxylic acids is 3. The first-order valence-electron chi connectivity index (χ1n) is 28.3. The zero-order valence-corrected chi connectivity index (χ0v) is 56.7. The van der Waals surface area contributed by atoms with E-state index in [0.29, 0.717) is 6.92 Å². The third-order valence-corrected chi connectivity index (χ3v) is 16.8. The number of carboxylic acids is 3. The molecule has 0 aromatic rings. The molecule has 60 heteroatoms. The predicted octanol–water partition coefficient (Wildman–Crippen LogP) is -12.6. The largest absolute Gasteiger partial charge is 0.479 e. The molecule has 15 unspecified atom stereocenters. The summed E-state index contributed by atoms with van der Waals surface area (Å²) in [7, 11) is -16.7. The molecule has 6 heterocycles. The van der Waals surface area contributed by atoms with Crippen LogP contribution >= 0.6 is 0 Å².